The van der Waals surface area contributed by atoms with Crippen LogP contribution in [-0.2, 0) is 9.53 Å². The first-order chi connectivity index (χ1) is 10.1. The van der Waals surface area contributed by atoms with Crippen LogP contribution >= 0.6 is 11.6 Å². The molecule has 0 aromatic heterocycles. The van der Waals surface area contributed by atoms with E-state index >= 15 is 0 Å². The molecule has 0 bridgehead atoms. The van der Waals surface area contributed by atoms with E-state index in [1.165, 1.54) is 26.0 Å². The zero-order chi connectivity index (χ0) is 15.2. The van der Waals surface area contributed by atoms with Crippen LogP contribution in [-0.4, -0.2) is 19.1 Å². The van der Waals surface area contributed by atoms with Gasteiger partial charge in [-0.25, -0.2) is 9.18 Å². The molecule has 1 aromatic carbocycles. The molecular weight excluding hydrogens is 293 g/mol. The minimum Gasteiger partial charge on any atom is -0.468 e. The van der Waals surface area contributed by atoms with E-state index in [1.807, 2.05) is 0 Å². The molecule has 21 heavy (non-hydrogen) atoms. The minimum absolute atomic E-state index is 0.215. The first-order valence-electron chi connectivity index (χ1n) is 7.40. The Morgan fingerprint density at radius 2 is 2.00 bits per heavy atom. The summed E-state index contributed by atoms with van der Waals surface area (Å²) >= 11 is 5.77. The number of benzene rings is 1. The van der Waals surface area contributed by atoms with Crippen molar-refractivity contribution in [1.82, 2.24) is 5.32 Å². The smallest absolute Gasteiger partial charge is 0.327 e. The van der Waals surface area contributed by atoms with Gasteiger partial charge in [0.25, 0.3) is 0 Å². The van der Waals surface area contributed by atoms with E-state index in [-0.39, 0.29) is 11.6 Å². The molecule has 116 valence electrons. The van der Waals surface area contributed by atoms with E-state index in [0.29, 0.717) is 5.02 Å². The van der Waals surface area contributed by atoms with Gasteiger partial charge in [0.05, 0.1) is 7.11 Å². The molecular formula is C16H21ClFNO2. The second-order valence-electron chi connectivity index (χ2n) is 5.48. The average Bonchev–Trinajstić information content (AvgIpc) is 2.73. The van der Waals surface area contributed by atoms with Gasteiger partial charge < -0.3 is 4.74 Å². The Kier molecular flexibility index (Phi) is 6.00. The van der Waals surface area contributed by atoms with Crippen LogP contribution in [0.4, 0.5) is 4.39 Å². The molecule has 0 heterocycles. The Hall–Kier alpha value is -1.13. The van der Waals surface area contributed by atoms with E-state index in [4.69, 9.17) is 16.3 Å². The van der Waals surface area contributed by atoms with E-state index in [2.05, 4.69) is 5.32 Å². The van der Waals surface area contributed by atoms with Crippen molar-refractivity contribution in [3.05, 3.63) is 34.6 Å². The SMILES string of the molecule is COC(=O)C(NC1CCCCCC1)c1ccc(Cl)cc1F. The number of hydrogen-bond donors (Lipinski definition) is 1. The molecule has 3 nitrogen and oxygen atoms in total. The molecule has 0 aliphatic heterocycles. The molecule has 1 aliphatic rings. The van der Waals surface area contributed by atoms with Crippen LogP contribution in [0.5, 0.6) is 0 Å². The van der Waals surface area contributed by atoms with Crippen molar-refractivity contribution in [2.45, 2.75) is 50.6 Å². The summed E-state index contributed by atoms with van der Waals surface area (Å²) < 4.78 is 18.9. The Balaban J connectivity index is 2.19. The second-order valence-corrected chi connectivity index (χ2v) is 5.91. The van der Waals surface area contributed by atoms with Gasteiger partial charge in [0.15, 0.2) is 0 Å². The summed E-state index contributed by atoms with van der Waals surface area (Å²) in [5.74, 6) is -0.959. The third-order valence-corrected chi connectivity index (χ3v) is 4.20. The number of hydrogen-bond acceptors (Lipinski definition) is 3. The fourth-order valence-electron chi connectivity index (χ4n) is 2.82. The van der Waals surface area contributed by atoms with Crippen LogP contribution in [0.3, 0.4) is 0 Å². The number of carbonyl (C=O) groups excluding carboxylic acids is 1. The maximum Gasteiger partial charge on any atom is 0.327 e. The van der Waals surface area contributed by atoms with Crippen molar-refractivity contribution in [3.63, 3.8) is 0 Å². The van der Waals surface area contributed by atoms with Crippen LogP contribution in [0, 0.1) is 5.82 Å². The first-order valence-corrected chi connectivity index (χ1v) is 7.78. The topological polar surface area (TPSA) is 38.3 Å². The van der Waals surface area contributed by atoms with E-state index < -0.39 is 17.8 Å². The maximum absolute atomic E-state index is 14.1. The summed E-state index contributed by atoms with van der Waals surface area (Å²) in [7, 11) is 1.32. The van der Waals surface area contributed by atoms with Gasteiger partial charge in [0.1, 0.15) is 11.9 Å². The largest absolute Gasteiger partial charge is 0.468 e. The van der Waals surface area contributed by atoms with Gasteiger partial charge in [-0.15, -0.1) is 0 Å². The number of esters is 1. The van der Waals surface area contributed by atoms with E-state index in [1.54, 1.807) is 12.1 Å². The highest BCUT2D eigenvalue weighted by Crippen LogP contribution is 2.25. The summed E-state index contributed by atoms with van der Waals surface area (Å²) in [6, 6.07) is 3.79. The standard InChI is InChI=1S/C16H21ClFNO2/c1-21-16(20)15(13-9-8-11(17)10-14(13)18)19-12-6-4-2-3-5-7-12/h8-10,12,15,19H,2-7H2,1H3. The molecule has 2 rings (SSSR count). The van der Waals surface area contributed by atoms with Crippen molar-refractivity contribution in [3.8, 4) is 0 Å². The van der Waals surface area contributed by atoms with Crippen LogP contribution in [0.2, 0.25) is 5.02 Å². The predicted molar refractivity (Wildman–Crippen MR) is 80.8 cm³/mol. The highest BCUT2D eigenvalue weighted by molar-refractivity contribution is 6.30. The monoisotopic (exact) mass is 313 g/mol. The van der Waals surface area contributed by atoms with Crippen LogP contribution in [0.25, 0.3) is 0 Å². The highest BCUT2D eigenvalue weighted by atomic mass is 35.5. The Labute approximate surface area is 129 Å². The molecule has 1 saturated carbocycles. The maximum atomic E-state index is 14.1. The van der Waals surface area contributed by atoms with Crippen molar-refractivity contribution in [2.75, 3.05) is 7.11 Å². The molecule has 0 amide bonds. The summed E-state index contributed by atoms with van der Waals surface area (Å²) in [5, 5.41) is 3.58. The summed E-state index contributed by atoms with van der Waals surface area (Å²) in [4.78, 5) is 12.0. The van der Waals surface area contributed by atoms with Crippen LogP contribution in [0.15, 0.2) is 18.2 Å². The predicted octanol–water partition coefficient (Wildman–Crippen LogP) is 4.01. The Morgan fingerprint density at radius 1 is 1.33 bits per heavy atom. The Morgan fingerprint density at radius 3 is 2.57 bits per heavy atom. The quantitative estimate of drug-likeness (QED) is 0.674. The molecule has 1 aromatic rings. The van der Waals surface area contributed by atoms with Gasteiger partial charge in [-0.1, -0.05) is 43.4 Å². The molecule has 1 N–H and O–H groups in total. The average molecular weight is 314 g/mol. The van der Waals surface area contributed by atoms with Gasteiger partial charge in [-0.2, -0.15) is 0 Å². The van der Waals surface area contributed by atoms with E-state index in [9.17, 15) is 9.18 Å². The number of methoxy groups -OCH3 is 1. The van der Waals surface area contributed by atoms with Crippen LogP contribution in [0.1, 0.15) is 50.1 Å². The van der Waals surface area contributed by atoms with Gasteiger partial charge in [-0.05, 0) is 25.0 Å². The fraction of sp³-hybridized carbons (Fsp3) is 0.562. The van der Waals surface area contributed by atoms with Crippen molar-refractivity contribution >= 4 is 17.6 Å². The lowest BCUT2D eigenvalue weighted by Crippen LogP contribution is -2.38. The van der Waals surface area contributed by atoms with Crippen LogP contribution < -0.4 is 5.32 Å². The summed E-state index contributed by atoms with van der Waals surface area (Å²) in [6.45, 7) is 0. The molecule has 0 saturated heterocycles. The van der Waals surface area contributed by atoms with Crippen molar-refractivity contribution < 1.29 is 13.9 Å². The molecule has 1 aliphatic carbocycles. The van der Waals surface area contributed by atoms with Gasteiger partial charge in [-0.3, -0.25) is 5.32 Å². The normalized spacial score (nSPS) is 18.0. The zero-order valence-electron chi connectivity index (χ0n) is 12.2. The van der Waals surface area contributed by atoms with Crippen molar-refractivity contribution in [2.24, 2.45) is 0 Å². The minimum atomic E-state index is -0.782. The molecule has 1 atom stereocenters. The fourth-order valence-corrected chi connectivity index (χ4v) is 2.98. The van der Waals surface area contributed by atoms with Gasteiger partial charge in [0.2, 0.25) is 0 Å². The summed E-state index contributed by atoms with van der Waals surface area (Å²) in [6.07, 6.45) is 6.71. The number of ether oxygens (including phenoxy) is 1. The molecule has 1 fully saturated rings. The second kappa shape index (κ2) is 7.76. The number of nitrogens with one attached hydrogen (secondary N) is 1. The molecule has 5 heteroatoms. The Bertz CT molecular complexity index is 487. The van der Waals surface area contributed by atoms with Gasteiger partial charge in [0, 0.05) is 16.6 Å². The van der Waals surface area contributed by atoms with Crippen molar-refractivity contribution in [1.29, 1.82) is 0 Å². The lowest BCUT2D eigenvalue weighted by molar-refractivity contribution is -0.143. The molecule has 0 radical (unpaired) electrons. The summed E-state index contributed by atoms with van der Waals surface area (Å²) in [5.41, 5.74) is 0.287. The zero-order valence-corrected chi connectivity index (χ0v) is 13.0. The number of halogens is 2. The molecule has 0 spiro atoms. The first kappa shape index (κ1) is 16.2. The third-order valence-electron chi connectivity index (χ3n) is 3.97. The lowest BCUT2D eigenvalue weighted by Gasteiger charge is -2.24. The number of carbonyl (C=O) groups is 1. The lowest BCUT2D eigenvalue weighted by atomic mass is 10.0. The number of rotatable bonds is 4. The highest BCUT2D eigenvalue weighted by Gasteiger charge is 2.27. The van der Waals surface area contributed by atoms with Gasteiger partial charge >= 0.3 is 5.97 Å². The van der Waals surface area contributed by atoms with E-state index in [0.717, 1.165) is 25.7 Å². The third kappa shape index (κ3) is 4.42. The molecule has 1 unspecified atom stereocenters.